The van der Waals surface area contributed by atoms with Crippen LogP contribution in [0.3, 0.4) is 0 Å². The van der Waals surface area contributed by atoms with Gasteiger partial charge in [0.25, 0.3) is 0 Å². The van der Waals surface area contributed by atoms with Gasteiger partial charge in [0.1, 0.15) is 10.5 Å². The van der Waals surface area contributed by atoms with Crippen molar-refractivity contribution in [2.45, 2.75) is 17.4 Å². The summed E-state index contributed by atoms with van der Waals surface area (Å²) in [5.74, 6) is 0. The maximum absolute atomic E-state index is 12.4. The molecule has 20 heavy (non-hydrogen) atoms. The number of aromatic amines is 1. The van der Waals surface area contributed by atoms with Crippen molar-refractivity contribution in [3.63, 3.8) is 0 Å². The van der Waals surface area contributed by atoms with Crippen molar-refractivity contribution in [3.8, 4) is 0 Å². The lowest BCUT2D eigenvalue weighted by atomic mass is 10.3. The van der Waals surface area contributed by atoms with Gasteiger partial charge in [0.15, 0.2) is 0 Å². The van der Waals surface area contributed by atoms with Crippen LogP contribution in [0.1, 0.15) is 6.42 Å². The third-order valence-corrected chi connectivity index (χ3v) is 5.02. The number of halogens is 2. The molecule has 2 aromatic rings. The van der Waals surface area contributed by atoms with Crippen LogP contribution in [0.25, 0.3) is 11.0 Å². The van der Waals surface area contributed by atoms with Gasteiger partial charge in [-0.15, -0.1) is 12.4 Å². The highest BCUT2D eigenvalue weighted by atomic mass is 35.5. The second-order valence-corrected chi connectivity index (χ2v) is 6.57. The summed E-state index contributed by atoms with van der Waals surface area (Å²) >= 11 is 6.06. The van der Waals surface area contributed by atoms with E-state index in [-0.39, 0.29) is 23.3 Å². The molecule has 2 aromatic heterocycles. The van der Waals surface area contributed by atoms with Gasteiger partial charge in [-0.2, -0.15) is 0 Å². The zero-order valence-electron chi connectivity index (χ0n) is 10.4. The highest BCUT2D eigenvalue weighted by Crippen LogP contribution is 2.28. The van der Waals surface area contributed by atoms with Gasteiger partial charge >= 0.3 is 0 Å². The van der Waals surface area contributed by atoms with Crippen molar-refractivity contribution in [1.29, 1.82) is 0 Å². The van der Waals surface area contributed by atoms with Gasteiger partial charge in [0, 0.05) is 25.0 Å². The summed E-state index contributed by atoms with van der Waals surface area (Å²) < 4.78 is 27.4. The molecule has 0 radical (unpaired) electrons. The fraction of sp³-hybridized carbons (Fsp3) is 0.364. The van der Waals surface area contributed by atoms with E-state index < -0.39 is 10.0 Å². The largest absolute Gasteiger partial charge is 0.345 e. The third-order valence-electron chi connectivity index (χ3n) is 3.16. The topological polar surface area (TPSA) is 86.9 Å². The zero-order chi connectivity index (χ0) is 13.5. The molecule has 1 saturated heterocycles. The maximum Gasteiger partial charge on any atom is 0.243 e. The summed E-state index contributed by atoms with van der Waals surface area (Å²) in [6.45, 7) is 1.47. The normalized spacial score (nSPS) is 19.1. The van der Waals surface area contributed by atoms with Crippen LogP contribution < -0.4 is 10.0 Å². The number of nitrogens with one attached hydrogen (secondary N) is 3. The van der Waals surface area contributed by atoms with Gasteiger partial charge < -0.3 is 10.3 Å². The van der Waals surface area contributed by atoms with Gasteiger partial charge in [-0.05, 0) is 19.0 Å². The minimum atomic E-state index is -3.60. The zero-order valence-corrected chi connectivity index (χ0v) is 12.8. The lowest BCUT2D eigenvalue weighted by molar-refractivity contribution is 0.561. The molecule has 1 atom stereocenters. The van der Waals surface area contributed by atoms with E-state index >= 15 is 0 Å². The lowest BCUT2D eigenvalue weighted by Crippen LogP contribution is -2.36. The first-order chi connectivity index (χ1) is 9.08. The average molecular weight is 337 g/mol. The Labute approximate surface area is 127 Å². The smallest absolute Gasteiger partial charge is 0.243 e. The monoisotopic (exact) mass is 336 g/mol. The number of hydrogen-bond acceptors (Lipinski definition) is 4. The molecule has 0 aliphatic carbocycles. The number of nitrogens with zero attached hydrogens (tertiary/aromatic N) is 1. The molecule has 0 bridgehead atoms. The molecule has 3 rings (SSSR count). The van der Waals surface area contributed by atoms with Crippen molar-refractivity contribution in [1.82, 2.24) is 20.0 Å². The fourth-order valence-electron chi connectivity index (χ4n) is 2.24. The molecule has 9 heteroatoms. The molecule has 1 aliphatic rings. The average Bonchev–Trinajstić information content (AvgIpc) is 2.97. The van der Waals surface area contributed by atoms with Crippen molar-refractivity contribution in [3.05, 3.63) is 23.5 Å². The molecular formula is C11H14Cl2N4O2S. The highest BCUT2D eigenvalue weighted by Gasteiger charge is 2.26. The first-order valence-corrected chi connectivity index (χ1v) is 7.79. The van der Waals surface area contributed by atoms with E-state index in [4.69, 9.17) is 11.6 Å². The Morgan fingerprint density at radius 3 is 2.95 bits per heavy atom. The van der Waals surface area contributed by atoms with E-state index in [9.17, 15) is 8.42 Å². The summed E-state index contributed by atoms with van der Waals surface area (Å²) in [6, 6.07) is 1.50. The number of fused-ring (bicyclic) bond motifs is 1. The van der Waals surface area contributed by atoms with E-state index in [1.54, 1.807) is 6.07 Å². The molecular weight excluding hydrogens is 323 g/mol. The highest BCUT2D eigenvalue weighted by molar-refractivity contribution is 7.89. The molecule has 0 aromatic carbocycles. The number of H-pyrrole nitrogens is 1. The van der Waals surface area contributed by atoms with Crippen LogP contribution in [0.15, 0.2) is 23.4 Å². The van der Waals surface area contributed by atoms with Gasteiger partial charge in [0.05, 0.1) is 10.4 Å². The van der Waals surface area contributed by atoms with Crippen molar-refractivity contribution < 1.29 is 8.42 Å². The van der Waals surface area contributed by atoms with Crippen molar-refractivity contribution in [2.24, 2.45) is 0 Å². The fourth-order valence-corrected chi connectivity index (χ4v) is 4.00. The number of pyridine rings is 1. The quantitative estimate of drug-likeness (QED) is 0.787. The number of hydrogen-bond donors (Lipinski definition) is 3. The molecule has 1 aliphatic heterocycles. The first-order valence-electron chi connectivity index (χ1n) is 5.92. The van der Waals surface area contributed by atoms with Crippen LogP contribution in [-0.4, -0.2) is 37.5 Å². The summed E-state index contributed by atoms with van der Waals surface area (Å²) in [6.07, 6.45) is 3.74. The third kappa shape index (κ3) is 2.77. The van der Waals surface area contributed by atoms with Crippen LogP contribution in [-0.2, 0) is 10.0 Å². The second kappa shape index (κ2) is 5.87. The Bertz CT molecular complexity index is 710. The Morgan fingerprint density at radius 2 is 2.25 bits per heavy atom. The Morgan fingerprint density at radius 1 is 1.45 bits per heavy atom. The van der Waals surface area contributed by atoms with Crippen LogP contribution in [0.4, 0.5) is 0 Å². The van der Waals surface area contributed by atoms with Crippen LogP contribution in [0.5, 0.6) is 0 Å². The van der Waals surface area contributed by atoms with Crippen LogP contribution >= 0.6 is 24.0 Å². The predicted molar refractivity (Wildman–Crippen MR) is 79.9 cm³/mol. The number of aromatic nitrogens is 2. The van der Waals surface area contributed by atoms with Crippen LogP contribution in [0.2, 0.25) is 5.02 Å². The number of sulfonamides is 1. The minimum Gasteiger partial charge on any atom is -0.345 e. The Hall–Kier alpha value is -0.860. The van der Waals surface area contributed by atoms with Gasteiger partial charge in [0.2, 0.25) is 10.0 Å². The van der Waals surface area contributed by atoms with E-state index in [0.717, 1.165) is 13.0 Å². The maximum atomic E-state index is 12.4. The van der Waals surface area contributed by atoms with Gasteiger partial charge in [-0.1, -0.05) is 11.6 Å². The Balaban J connectivity index is 0.00000147. The summed E-state index contributed by atoms with van der Waals surface area (Å²) in [7, 11) is -3.60. The van der Waals surface area contributed by atoms with Crippen LogP contribution in [0, 0.1) is 0 Å². The standard InChI is InChI=1S/C11H13ClN4O2S.ClH/c12-8-2-4-14-11-10(8)9(6-15-11)19(17,18)16-7-1-3-13-5-7;/h2,4,6-7,13,16H,1,3,5H2,(H,14,15);1H. The molecule has 0 amide bonds. The van der Waals surface area contributed by atoms with Gasteiger partial charge in [-0.3, -0.25) is 0 Å². The molecule has 1 unspecified atom stereocenters. The molecule has 110 valence electrons. The van der Waals surface area contributed by atoms with Crippen molar-refractivity contribution >= 4 is 45.1 Å². The summed E-state index contributed by atoms with van der Waals surface area (Å²) in [4.78, 5) is 7.04. The first kappa shape index (κ1) is 15.5. The van der Waals surface area contributed by atoms with E-state index in [1.807, 2.05) is 0 Å². The molecule has 0 spiro atoms. The molecule has 6 nitrogen and oxygen atoms in total. The number of rotatable bonds is 3. The SMILES string of the molecule is Cl.O=S(=O)(NC1CCNC1)c1c[nH]c2nccc(Cl)c12. The minimum absolute atomic E-state index is 0. The predicted octanol–water partition coefficient (Wildman–Crippen LogP) is 1.28. The Kier molecular flexibility index (Phi) is 4.55. The van der Waals surface area contributed by atoms with Gasteiger partial charge in [-0.25, -0.2) is 18.1 Å². The second-order valence-electron chi connectivity index (χ2n) is 4.48. The van der Waals surface area contributed by atoms with E-state index in [0.29, 0.717) is 22.6 Å². The molecule has 0 saturated carbocycles. The molecule has 1 fully saturated rings. The van der Waals surface area contributed by atoms with Crippen molar-refractivity contribution in [2.75, 3.05) is 13.1 Å². The summed E-state index contributed by atoms with van der Waals surface area (Å²) in [5.41, 5.74) is 0.470. The lowest BCUT2D eigenvalue weighted by Gasteiger charge is -2.11. The summed E-state index contributed by atoms with van der Waals surface area (Å²) in [5, 5.41) is 3.92. The molecule has 3 N–H and O–H groups in total. The molecule has 3 heterocycles. The van der Waals surface area contributed by atoms with E-state index in [2.05, 4.69) is 20.0 Å². The van der Waals surface area contributed by atoms with E-state index in [1.165, 1.54) is 12.4 Å².